The molecule has 7 rings (SSSR count). The average molecular weight is 550 g/mol. The Morgan fingerprint density at radius 3 is 2.75 bits per heavy atom. The highest BCUT2D eigenvalue weighted by Crippen LogP contribution is 2.72. The predicted octanol–water partition coefficient (Wildman–Crippen LogP) is 3.73. The third-order valence-electron chi connectivity index (χ3n) is 11.8. The Bertz CT molecular complexity index is 1380. The monoisotopic (exact) mass is 549 g/mol. The van der Waals surface area contributed by atoms with Crippen LogP contribution in [-0.4, -0.2) is 63.9 Å². The van der Waals surface area contributed by atoms with E-state index in [4.69, 9.17) is 9.47 Å². The summed E-state index contributed by atoms with van der Waals surface area (Å²) < 4.78 is 31.0. The molecule has 5 aliphatic carbocycles. The third kappa shape index (κ3) is 2.91. The van der Waals surface area contributed by atoms with Crippen molar-refractivity contribution in [3.05, 3.63) is 60.4 Å². The molecular formula is C32H36FNO6. The van der Waals surface area contributed by atoms with Crippen LogP contribution in [-0.2, 0) is 19.1 Å². The fourth-order valence-electron chi connectivity index (χ4n) is 9.64. The number of ketones is 2. The second kappa shape index (κ2) is 8.28. The van der Waals surface area contributed by atoms with Crippen LogP contribution in [0.5, 0.6) is 0 Å². The zero-order chi connectivity index (χ0) is 28.3. The lowest BCUT2D eigenvalue weighted by Gasteiger charge is -2.62. The Morgan fingerprint density at radius 2 is 1.98 bits per heavy atom. The number of aliphatic hydroxyl groups excluding tert-OH is 2. The normalized spacial score (nSPS) is 51.8. The highest BCUT2D eigenvalue weighted by molar-refractivity contribution is 6.01. The SMILES string of the molecule is CC1(C2O[C@@H]3C[C@H]4[C@@H]5CCC6=CC(=O)C=C[C@]6(C)[C@@]5(F)[C@@H](O)C[C@]4(C)[C@]3(C(=O)CO)O2)C=CN=C2C=CC=CC21. The van der Waals surface area contributed by atoms with Crippen LogP contribution in [0.3, 0.4) is 0 Å². The molecule has 0 amide bonds. The number of aliphatic imine (C=N–C) groups is 1. The maximum atomic E-state index is 17.6. The third-order valence-corrected chi connectivity index (χ3v) is 11.8. The van der Waals surface area contributed by atoms with Crippen molar-refractivity contribution in [3.8, 4) is 0 Å². The summed E-state index contributed by atoms with van der Waals surface area (Å²) in [5.74, 6) is -1.71. The molecule has 0 spiro atoms. The molecule has 3 saturated carbocycles. The summed E-state index contributed by atoms with van der Waals surface area (Å²) in [6.45, 7) is 4.96. The van der Waals surface area contributed by atoms with Crippen LogP contribution in [0.25, 0.3) is 0 Å². The van der Waals surface area contributed by atoms with E-state index in [1.165, 1.54) is 12.2 Å². The van der Waals surface area contributed by atoms with E-state index in [9.17, 15) is 19.8 Å². The first-order valence-electron chi connectivity index (χ1n) is 14.3. The lowest BCUT2D eigenvalue weighted by Crippen LogP contribution is -2.70. The van der Waals surface area contributed by atoms with Gasteiger partial charge in [-0.15, -0.1) is 0 Å². The van der Waals surface area contributed by atoms with Crippen LogP contribution >= 0.6 is 0 Å². The number of alkyl halides is 1. The van der Waals surface area contributed by atoms with Gasteiger partial charge in [0.1, 0.15) is 6.61 Å². The Balaban J connectivity index is 1.29. The molecule has 1 saturated heterocycles. The molecular weight excluding hydrogens is 513 g/mol. The van der Waals surface area contributed by atoms with Gasteiger partial charge in [-0.3, -0.25) is 14.6 Å². The topological polar surface area (TPSA) is 105 Å². The number of hydrogen-bond donors (Lipinski definition) is 2. The van der Waals surface area contributed by atoms with Gasteiger partial charge in [-0.05, 0) is 56.8 Å². The summed E-state index contributed by atoms with van der Waals surface area (Å²) in [7, 11) is 0. The van der Waals surface area contributed by atoms with E-state index in [1.807, 2.05) is 44.2 Å². The largest absolute Gasteiger partial charge is 0.390 e. The van der Waals surface area contributed by atoms with E-state index in [-0.39, 0.29) is 24.0 Å². The van der Waals surface area contributed by atoms with Crippen molar-refractivity contribution in [3.63, 3.8) is 0 Å². The van der Waals surface area contributed by atoms with Gasteiger partial charge in [0.25, 0.3) is 0 Å². The number of fused-ring (bicyclic) bond motifs is 8. The van der Waals surface area contributed by atoms with E-state index < -0.39 is 64.3 Å². The number of nitrogens with zero attached hydrogens (tertiary/aromatic N) is 1. The number of aliphatic hydroxyl groups is 2. The van der Waals surface area contributed by atoms with Crippen molar-refractivity contribution in [1.82, 2.24) is 0 Å². The molecule has 3 unspecified atom stereocenters. The maximum Gasteiger partial charge on any atom is 0.193 e. The van der Waals surface area contributed by atoms with Crippen LogP contribution in [0, 0.1) is 34.0 Å². The zero-order valence-corrected chi connectivity index (χ0v) is 23.0. The zero-order valence-electron chi connectivity index (χ0n) is 23.0. The van der Waals surface area contributed by atoms with E-state index in [1.54, 1.807) is 19.2 Å². The fraction of sp³-hybridized carbons (Fsp3) is 0.594. The second-order valence-corrected chi connectivity index (χ2v) is 13.3. The van der Waals surface area contributed by atoms with Gasteiger partial charge >= 0.3 is 0 Å². The quantitative estimate of drug-likeness (QED) is 0.556. The van der Waals surface area contributed by atoms with Gasteiger partial charge in [-0.25, -0.2) is 4.39 Å². The van der Waals surface area contributed by atoms with Crippen LogP contribution in [0.4, 0.5) is 4.39 Å². The first-order chi connectivity index (χ1) is 19.0. The van der Waals surface area contributed by atoms with Gasteiger partial charge in [0.15, 0.2) is 29.1 Å². The molecule has 212 valence electrons. The van der Waals surface area contributed by atoms with Gasteiger partial charge in [0.2, 0.25) is 0 Å². The standard InChI is InChI=1S/C32H36FNO6/c1-28(12-13-34-23-7-5-4-6-21(23)28)27-39-26-15-22-20-9-8-18-14-19(36)10-11-29(18,2)31(20,33)24(37)16-30(22,3)32(26,40-27)25(38)17-35/h4-7,10-14,20-22,24,26-27,35,37H,8-9,15-17H2,1-3H3/t20-,21?,22-,24-,26+,27?,28?,29-,30-,31-,32+/m0/s1. The fourth-order valence-corrected chi connectivity index (χ4v) is 9.64. The molecule has 7 nitrogen and oxygen atoms in total. The lowest BCUT2D eigenvalue weighted by atomic mass is 9.44. The summed E-state index contributed by atoms with van der Waals surface area (Å²) in [5, 5.41) is 22.0. The van der Waals surface area contributed by atoms with Gasteiger partial charge < -0.3 is 19.7 Å². The molecule has 11 atom stereocenters. The molecule has 0 aromatic heterocycles. The highest BCUT2D eigenvalue weighted by Gasteiger charge is 2.80. The van der Waals surface area contributed by atoms with E-state index in [0.29, 0.717) is 24.8 Å². The minimum atomic E-state index is -2.03. The van der Waals surface area contributed by atoms with Crippen molar-refractivity contribution in [2.75, 3.05) is 6.61 Å². The molecule has 0 aromatic carbocycles. The van der Waals surface area contributed by atoms with Crippen LogP contribution in [0.1, 0.15) is 46.5 Å². The van der Waals surface area contributed by atoms with Gasteiger partial charge in [0, 0.05) is 34.6 Å². The summed E-state index contributed by atoms with van der Waals surface area (Å²) >= 11 is 0. The Morgan fingerprint density at radius 1 is 1.18 bits per heavy atom. The predicted molar refractivity (Wildman–Crippen MR) is 145 cm³/mol. The highest BCUT2D eigenvalue weighted by atomic mass is 19.1. The molecule has 8 heteroatoms. The molecule has 7 aliphatic rings. The number of ether oxygens (including phenoxy) is 2. The number of hydrogen-bond acceptors (Lipinski definition) is 7. The molecule has 4 fully saturated rings. The minimum Gasteiger partial charge on any atom is -0.390 e. The van der Waals surface area contributed by atoms with Crippen molar-refractivity contribution < 1.29 is 33.7 Å². The van der Waals surface area contributed by atoms with Gasteiger partial charge in [-0.2, -0.15) is 0 Å². The van der Waals surface area contributed by atoms with Crippen molar-refractivity contribution in [1.29, 1.82) is 0 Å². The molecule has 2 N–H and O–H groups in total. The van der Waals surface area contributed by atoms with E-state index >= 15 is 4.39 Å². The van der Waals surface area contributed by atoms with Gasteiger partial charge in [-0.1, -0.05) is 49.8 Å². The lowest BCUT2D eigenvalue weighted by molar-refractivity contribution is -0.240. The molecule has 2 heterocycles. The maximum absolute atomic E-state index is 17.6. The van der Waals surface area contributed by atoms with Crippen LogP contribution in [0.15, 0.2) is 65.4 Å². The van der Waals surface area contributed by atoms with Crippen molar-refractivity contribution >= 4 is 17.3 Å². The van der Waals surface area contributed by atoms with Crippen LogP contribution in [0.2, 0.25) is 0 Å². The van der Waals surface area contributed by atoms with Gasteiger partial charge in [0.05, 0.1) is 17.6 Å². The van der Waals surface area contributed by atoms with Crippen molar-refractivity contribution in [2.45, 2.75) is 76.2 Å². The summed E-state index contributed by atoms with van der Waals surface area (Å²) in [6, 6.07) is 0. The molecule has 2 aliphatic heterocycles. The Hall–Kier alpha value is -2.52. The smallest absolute Gasteiger partial charge is 0.193 e. The Kier molecular flexibility index (Phi) is 5.46. The molecule has 40 heavy (non-hydrogen) atoms. The number of rotatable bonds is 3. The number of carbonyl (C=O) groups excluding carboxylic acids is 2. The minimum absolute atomic E-state index is 0.0288. The first kappa shape index (κ1) is 26.4. The number of allylic oxidation sites excluding steroid dienone is 8. The van der Waals surface area contributed by atoms with E-state index in [0.717, 1.165) is 5.71 Å². The molecule has 0 radical (unpaired) electrons. The number of carbonyl (C=O) groups is 2. The summed E-state index contributed by atoms with van der Waals surface area (Å²) in [4.78, 5) is 30.5. The van der Waals surface area contributed by atoms with Crippen LogP contribution < -0.4 is 0 Å². The first-order valence-corrected chi connectivity index (χ1v) is 14.3. The summed E-state index contributed by atoms with van der Waals surface area (Å²) in [6.07, 6.45) is 14.5. The average Bonchev–Trinajstić information content (AvgIpc) is 3.44. The Labute approximate surface area is 233 Å². The molecule has 0 aromatic rings. The molecule has 0 bridgehead atoms. The number of Topliss-reactive ketones (excluding diaryl/α,β-unsaturated/α-hetero) is 1. The summed E-state index contributed by atoms with van der Waals surface area (Å²) in [5.41, 5.74) is -4.76. The second-order valence-electron chi connectivity index (χ2n) is 13.3. The van der Waals surface area contributed by atoms with E-state index in [2.05, 4.69) is 4.99 Å². The van der Waals surface area contributed by atoms with Crippen molar-refractivity contribution in [2.24, 2.45) is 39.0 Å². The number of halogens is 1.